The summed E-state index contributed by atoms with van der Waals surface area (Å²) >= 11 is 0. The zero-order valence-corrected chi connectivity index (χ0v) is 16.4. The number of carbonyl (C=O) groups is 2. The molecule has 1 atom stereocenters. The molecule has 0 bridgehead atoms. The van der Waals surface area contributed by atoms with Crippen LogP contribution in [0.2, 0.25) is 0 Å². The van der Waals surface area contributed by atoms with E-state index in [1.165, 1.54) is 0 Å². The molecule has 0 radical (unpaired) electrons. The van der Waals surface area contributed by atoms with E-state index in [1.807, 2.05) is 56.3 Å². The molecule has 2 aliphatic heterocycles. The van der Waals surface area contributed by atoms with Crippen molar-refractivity contribution in [1.82, 2.24) is 0 Å². The first kappa shape index (κ1) is 17.7. The monoisotopic (exact) mass is 383 g/mol. The molecule has 2 aliphatic rings. The second-order valence-corrected chi connectivity index (χ2v) is 7.87. The number of cyclic esters (lactones) is 1. The lowest BCUT2D eigenvalue weighted by Gasteiger charge is -2.32. The Labute approximate surface area is 169 Å². The second kappa shape index (κ2) is 6.59. The van der Waals surface area contributed by atoms with Crippen molar-refractivity contribution >= 4 is 28.3 Å². The van der Waals surface area contributed by atoms with Gasteiger partial charge in [-0.15, -0.1) is 0 Å². The van der Waals surface area contributed by atoms with Crippen molar-refractivity contribution in [3.63, 3.8) is 0 Å². The van der Waals surface area contributed by atoms with Crippen molar-refractivity contribution in [2.45, 2.75) is 26.2 Å². The van der Waals surface area contributed by atoms with Crippen LogP contribution in [0.1, 0.15) is 29.0 Å². The number of aryl methyl sites for hydroxylation is 2. The van der Waals surface area contributed by atoms with E-state index < -0.39 is 0 Å². The summed E-state index contributed by atoms with van der Waals surface area (Å²) < 4.78 is 5.39. The Hall–Kier alpha value is -3.40. The Morgan fingerprint density at radius 3 is 2.38 bits per heavy atom. The summed E-state index contributed by atoms with van der Waals surface area (Å²) in [4.78, 5) is 27.6. The Bertz CT molecular complexity index is 1190. The number of fused-ring (bicyclic) bond motifs is 1. The highest BCUT2D eigenvalue weighted by Gasteiger charge is 2.43. The van der Waals surface area contributed by atoms with Crippen LogP contribution >= 0.6 is 0 Å². The fraction of sp³-hybridized carbons (Fsp3) is 0.200. The maximum Gasteiger partial charge on any atom is 0.336 e. The molecule has 5 rings (SSSR count). The van der Waals surface area contributed by atoms with Crippen molar-refractivity contribution in [3.8, 4) is 0 Å². The maximum absolute atomic E-state index is 13.2. The Kier molecular flexibility index (Phi) is 4.02. The van der Waals surface area contributed by atoms with Gasteiger partial charge in [-0.2, -0.15) is 0 Å². The Morgan fingerprint density at radius 2 is 1.62 bits per heavy atom. The molecule has 0 saturated carbocycles. The van der Waals surface area contributed by atoms with Crippen LogP contribution in [0.3, 0.4) is 0 Å². The van der Waals surface area contributed by atoms with Gasteiger partial charge >= 0.3 is 5.97 Å². The number of benzene rings is 3. The smallest absolute Gasteiger partial charge is 0.336 e. The number of esters is 1. The van der Waals surface area contributed by atoms with E-state index in [9.17, 15) is 9.59 Å². The molecule has 29 heavy (non-hydrogen) atoms. The van der Waals surface area contributed by atoms with Gasteiger partial charge < -0.3 is 4.74 Å². The van der Waals surface area contributed by atoms with Gasteiger partial charge in [0.15, 0.2) is 0 Å². The Balaban J connectivity index is 1.64. The minimum absolute atomic E-state index is 0.00907. The summed E-state index contributed by atoms with van der Waals surface area (Å²) in [6.45, 7) is 4.15. The summed E-state index contributed by atoms with van der Waals surface area (Å²) in [6, 6.07) is 20.3. The zero-order chi connectivity index (χ0) is 20.1. The molecule has 144 valence electrons. The van der Waals surface area contributed by atoms with Gasteiger partial charge in [-0.25, -0.2) is 4.79 Å². The van der Waals surface area contributed by atoms with E-state index in [0.29, 0.717) is 11.3 Å². The molecule has 2 heterocycles. The lowest BCUT2D eigenvalue weighted by molar-refractivity contribution is -0.136. The zero-order valence-electron chi connectivity index (χ0n) is 16.4. The van der Waals surface area contributed by atoms with Crippen LogP contribution in [-0.4, -0.2) is 18.5 Å². The number of amides is 1. The van der Waals surface area contributed by atoms with Gasteiger partial charge in [-0.05, 0) is 53.4 Å². The first-order valence-electron chi connectivity index (χ1n) is 9.81. The van der Waals surface area contributed by atoms with Gasteiger partial charge in [-0.1, -0.05) is 48.5 Å². The fourth-order valence-corrected chi connectivity index (χ4v) is 4.54. The molecule has 0 aromatic heterocycles. The van der Waals surface area contributed by atoms with E-state index in [0.717, 1.165) is 33.2 Å². The van der Waals surface area contributed by atoms with E-state index >= 15 is 0 Å². The molecule has 1 unspecified atom stereocenters. The lowest BCUT2D eigenvalue weighted by atomic mass is 9.83. The third kappa shape index (κ3) is 2.92. The number of carbonyl (C=O) groups excluding carboxylic acids is 2. The van der Waals surface area contributed by atoms with Gasteiger partial charge in [0.25, 0.3) is 0 Å². The normalized spacial score (nSPS) is 19.0. The number of ether oxygens (including phenoxy) is 1. The molecule has 0 N–H and O–H groups in total. The van der Waals surface area contributed by atoms with Gasteiger partial charge in [0.1, 0.15) is 6.61 Å². The third-order valence-electron chi connectivity index (χ3n) is 5.76. The van der Waals surface area contributed by atoms with E-state index in [4.69, 9.17) is 4.74 Å². The molecular formula is C25H21NO3. The molecule has 0 aliphatic carbocycles. The predicted molar refractivity (Wildman–Crippen MR) is 113 cm³/mol. The van der Waals surface area contributed by atoms with Crippen LogP contribution in [0.5, 0.6) is 0 Å². The Morgan fingerprint density at radius 1 is 0.897 bits per heavy atom. The minimum atomic E-state index is -0.319. The van der Waals surface area contributed by atoms with Crippen LogP contribution in [0.4, 0.5) is 5.69 Å². The number of nitrogens with zero attached hydrogens (tertiary/aromatic N) is 1. The maximum atomic E-state index is 13.2. The average molecular weight is 383 g/mol. The standard InChI is InChI=1S/C25H21NO3/c1-15-9-16(2)11-20(10-15)26-22-14-29-25(28)24(22)21(13-23(26)27)19-8-7-17-5-3-4-6-18(17)12-19/h3-12,21H,13-14H2,1-2H3. The predicted octanol–water partition coefficient (Wildman–Crippen LogP) is 4.79. The minimum Gasteiger partial charge on any atom is -0.456 e. The highest BCUT2D eigenvalue weighted by Crippen LogP contribution is 2.42. The molecule has 4 nitrogen and oxygen atoms in total. The fourth-order valence-electron chi connectivity index (χ4n) is 4.54. The number of rotatable bonds is 2. The van der Waals surface area contributed by atoms with Gasteiger partial charge in [0.2, 0.25) is 5.91 Å². The van der Waals surface area contributed by atoms with Crippen molar-refractivity contribution in [2.24, 2.45) is 0 Å². The van der Waals surface area contributed by atoms with Crippen LogP contribution in [0.15, 0.2) is 71.9 Å². The first-order valence-corrected chi connectivity index (χ1v) is 9.81. The van der Waals surface area contributed by atoms with Crippen LogP contribution in [0, 0.1) is 13.8 Å². The average Bonchev–Trinajstić information content (AvgIpc) is 3.07. The largest absolute Gasteiger partial charge is 0.456 e. The molecule has 0 fully saturated rings. The lowest BCUT2D eigenvalue weighted by Crippen LogP contribution is -2.37. The second-order valence-electron chi connectivity index (χ2n) is 7.87. The van der Waals surface area contributed by atoms with Crippen LogP contribution in [0.25, 0.3) is 10.8 Å². The summed E-state index contributed by atoms with van der Waals surface area (Å²) in [5, 5.41) is 2.24. The highest BCUT2D eigenvalue weighted by molar-refractivity contribution is 6.06. The third-order valence-corrected chi connectivity index (χ3v) is 5.76. The summed E-state index contributed by atoms with van der Waals surface area (Å²) in [7, 11) is 0. The van der Waals surface area contributed by atoms with E-state index in [1.54, 1.807) is 4.90 Å². The van der Waals surface area contributed by atoms with Gasteiger partial charge in [-0.3, -0.25) is 9.69 Å². The summed E-state index contributed by atoms with van der Waals surface area (Å²) in [6.07, 6.45) is 0.249. The molecule has 3 aromatic carbocycles. The number of hydrogen-bond donors (Lipinski definition) is 0. The van der Waals surface area contributed by atoms with E-state index in [-0.39, 0.29) is 30.8 Å². The van der Waals surface area contributed by atoms with Crippen molar-refractivity contribution in [1.29, 1.82) is 0 Å². The van der Waals surface area contributed by atoms with Crippen LogP contribution < -0.4 is 4.90 Å². The molecule has 3 aromatic rings. The topological polar surface area (TPSA) is 46.6 Å². The quantitative estimate of drug-likeness (QED) is 0.598. The van der Waals surface area contributed by atoms with Gasteiger partial charge in [0.05, 0.1) is 11.3 Å². The van der Waals surface area contributed by atoms with E-state index in [2.05, 4.69) is 18.2 Å². The van der Waals surface area contributed by atoms with Crippen molar-refractivity contribution in [2.75, 3.05) is 11.5 Å². The first-order chi connectivity index (χ1) is 14.0. The van der Waals surface area contributed by atoms with Crippen molar-refractivity contribution in [3.05, 3.63) is 88.6 Å². The van der Waals surface area contributed by atoms with Gasteiger partial charge in [0, 0.05) is 18.0 Å². The number of hydrogen-bond acceptors (Lipinski definition) is 3. The van der Waals surface area contributed by atoms with Crippen LogP contribution in [-0.2, 0) is 14.3 Å². The highest BCUT2D eigenvalue weighted by atomic mass is 16.5. The summed E-state index contributed by atoms with van der Waals surface area (Å²) in [5.74, 6) is -0.607. The van der Waals surface area contributed by atoms with Crippen molar-refractivity contribution < 1.29 is 14.3 Å². The molecule has 4 heteroatoms. The number of anilines is 1. The summed E-state index contributed by atoms with van der Waals surface area (Å²) in [5.41, 5.74) is 5.22. The SMILES string of the molecule is Cc1cc(C)cc(N2C(=O)CC(c3ccc4ccccc4c3)C3=C2COC3=O)c1. The molecule has 1 amide bonds. The molecular weight excluding hydrogens is 362 g/mol. The molecule has 0 saturated heterocycles. The molecule has 0 spiro atoms.